The molecule has 1 amide bonds. The van der Waals surface area contributed by atoms with Gasteiger partial charge in [0.25, 0.3) is 5.91 Å². The highest BCUT2D eigenvalue weighted by Gasteiger charge is 2.14. The van der Waals surface area contributed by atoms with E-state index in [1.807, 2.05) is 0 Å². The fourth-order valence-corrected chi connectivity index (χ4v) is 0.967. The molecule has 1 aliphatic heterocycles. The van der Waals surface area contributed by atoms with Gasteiger partial charge < -0.3 is 15.4 Å². The fourth-order valence-electron chi connectivity index (χ4n) is 0.967. The first kappa shape index (κ1) is 9.57. The van der Waals surface area contributed by atoms with Gasteiger partial charge in [-0.3, -0.25) is 4.79 Å². The number of hydrogen-bond donors (Lipinski definition) is 2. The van der Waals surface area contributed by atoms with Gasteiger partial charge in [0.2, 0.25) is 0 Å². The summed E-state index contributed by atoms with van der Waals surface area (Å²) in [5, 5.41) is 5.41. The van der Waals surface area contributed by atoms with E-state index in [1.54, 1.807) is 6.92 Å². The van der Waals surface area contributed by atoms with Crippen molar-refractivity contribution in [3.63, 3.8) is 0 Å². The molecule has 0 saturated carbocycles. The Balaban J connectivity index is 2.57. The lowest BCUT2D eigenvalue weighted by Gasteiger charge is -2.16. The van der Waals surface area contributed by atoms with Gasteiger partial charge in [-0.2, -0.15) is 0 Å². The fraction of sp³-hybridized carbons (Fsp3) is 0.500. The van der Waals surface area contributed by atoms with Crippen LogP contribution < -0.4 is 10.6 Å². The molecule has 0 radical (unpaired) electrons. The summed E-state index contributed by atoms with van der Waals surface area (Å²) in [6, 6.07) is 0. The minimum atomic E-state index is -0.498. The zero-order valence-corrected chi connectivity index (χ0v) is 7.42. The molecule has 0 spiro atoms. The molecule has 1 saturated heterocycles. The number of esters is 1. The first-order chi connectivity index (χ1) is 6.24. The number of piperazine rings is 1. The van der Waals surface area contributed by atoms with Crippen molar-refractivity contribution in [1.29, 1.82) is 0 Å². The number of rotatable bonds is 2. The van der Waals surface area contributed by atoms with Crippen molar-refractivity contribution in [2.75, 3.05) is 19.7 Å². The minimum absolute atomic E-state index is 0.265. The van der Waals surface area contributed by atoms with Gasteiger partial charge in [-0.1, -0.05) is 0 Å². The van der Waals surface area contributed by atoms with Crippen LogP contribution in [0.25, 0.3) is 0 Å². The summed E-state index contributed by atoms with van der Waals surface area (Å²) in [5.41, 5.74) is 0.268. The summed E-state index contributed by atoms with van der Waals surface area (Å²) in [7, 11) is 0. The quantitative estimate of drug-likeness (QED) is 0.433. The van der Waals surface area contributed by atoms with Crippen molar-refractivity contribution in [2.45, 2.75) is 6.92 Å². The summed E-state index contributed by atoms with van der Waals surface area (Å²) in [6.07, 6.45) is 1.16. The van der Waals surface area contributed by atoms with E-state index in [0.29, 0.717) is 19.7 Å². The smallest absolute Gasteiger partial charge is 0.333 e. The van der Waals surface area contributed by atoms with Crippen LogP contribution in [0.5, 0.6) is 0 Å². The summed E-state index contributed by atoms with van der Waals surface area (Å²) in [5.74, 6) is -0.763. The van der Waals surface area contributed by atoms with E-state index in [9.17, 15) is 9.59 Å². The van der Waals surface area contributed by atoms with Crippen LogP contribution in [0.1, 0.15) is 6.92 Å². The van der Waals surface area contributed by atoms with Crippen molar-refractivity contribution in [3.05, 3.63) is 11.8 Å². The Morgan fingerprint density at radius 3 is 2.85 bits per heavy atom. The molecule has 0 aliphatic carbocycles. The molecule has 0 aromatic heterocycles. The van der Waals surface area contributed by atoms with Crippen LogP contribution in [0, 0.1) is 0 Å². The molecule has 5 heteroatoms. The maximum atomic E-state index is 11.1. The van der Waals surface area contributed by atoms with Gasteiger partial charge in [-0.25, -0.2) is 4.79 Å². The second kappa shape index (κ2) is 4.49. The monoisotopic (exact) mass is 184 g/mol. The predicted octanol–water partition coefficient (Wildman–Crippen LogP) is -0.847. The van der Waals surface area contributed by atoms with E-state index in [0.717, 1.165) is 6.08 Å². The predicted molar refractivity (Wildman–Crippen MR) is 45.7 cm³/mol. The van der Waals surface area contributed by atoms with Crippen LogP contribution in [-0.4, -0.2) is 31.6 Å². The Bertz CT molecular complexity index is 248. The maximum absolute atomic E-state index is 11.1. The number of amides is 1. The molecular weight excluding hydrogens is 172 g/mol. The molecule has 1 rings (SSSR count). The first-order valence-electron chi connectivity index (χ1n) is 4.14. The van der Waals surface area contributed by atoms with E-state index < -0.39 is 5.97 Å². The number of hydrogen-bond acceptors (Lipinski definition) is 4. The van der Waals surface area contributed by atoms with Crippen LogP contribution >= 0.6 is 0 Å². The molecule has 0 atom stereocenters. The Morgan fingerprint density at radius 1 is 1.54 bits per heavy atom. The largest absolute Gasteiger partial charge is 0.463 e. The van der Waals surface area contributed by atoms with Crippen molar-refractivity contribution in [3.8, 4) is 0 Å². The summed E-state index contributed by atoms with van der Waals surface area (Å²) < 4.78 is 4.66. The summed E-state index contributed by atoms with van der Waals surface area (Å²) in [6.45, 7) is 3.24. The molecule has 1 aliphatic rings. The lowest BCUT2D eigenvalue weighted by molar-refractivity contribution is -0.137. The van der Waals surface area contributed by atoms with E-state index in [1.165, 1.54) is 0 Å². The van der Waals surface area contributed by atoms with Crippen molar-refractivity contribution in [1.82, 2.24) is 10.6 Å². The summed E-state index contributed by atoms with van der Waals surface area (Å²) >= 11 is 0. The van der Waals surface area contributed by atoms with Crippen LogP contribution in [0.15, 0.2) is 11.8 Å². The van der Waals surface area contributed by atoms with Crippen LogP contribution in [-0.2, 0) is 14.3 Å². The van der Waals surface area contributed by atoms with Gasteiger partial charge in [0, 0.05) is 13.1 Å². The van der Waals surface area contributed by atoms with E-state index in [4.69, 9.17) is 0 Å². The van der Waals surface area contributed by atoms with Gasteiger partial charge >= 0.3 is 5.97 Å². The van der Waals surface area contributed by atoms with Crippen molar-refractivity contribution >= 4 is 11.9 Å². The van der Waals surface area contributed by atoms with E-state index in [-0.39, 0.29) is 11.6 Å². The highest BCUT2D eigenvalue weighted by molar-refractivity contribution is 5.99. The van der Waals surface area contributed by atoms with Crippen LogP contribution in [0.4, 0.5) is 0 Å². The number of ether oxygens (including phenoxy) is 1. The first-order valence-corrected chi connectivity index (χ1v) is 4.14. The Morgan fingerprint density at radius 2 is 2.23 bits per heavy atom. The molecule has 0 aromatic rings. The van der Waals surface area contributed by atoms with E-state index >= 15 is 0 Å². The van der Waals surface area contributed by atoms with Gasteiger partial charge in [0.15, 0.2) is 0 Å². The second-order valence-electron chi connectivity index (χ2n) is 2.49. The Labute approximate surface area is 76.1 Å². The molecule has 1 heterocycles. The molecule has 13 heavy (non-hydrogen) atoms. The molecule has 2 N–H and O–H groups in total. The average molecular weight is 184 g/mol. The van der Waals surface area contributed by atoms with E-state index in [2.05, 4.69) is 15.4 Å². The number of carbonyl (C=O) groups is 2. The third kappa shape index (κ3) is 2.77. The highest BCUT2D eigenvalue weighted by Crippen LogP contribution is 1.94. The molecule has 0 aromatic carbocycles. The van der Waals surface area contributed by atoms with Crippen molar-refractivity contribution in [2.24, 2.45) is 0 Å². The molecule has 0 bridgehead atoms. The zero-order valence-electron chi connectivity index (χ0n) is 7.42. The highest BCUT2D eigenvalue weighted by atomic mass is 16.5. The SMILES string of the molecule is CCOC(=O)/C=C1/NCCNC1=O. The zero-order chi connectivity index (χ0) is 9.68. The standard InChI is InChI=1S/C8H12N2O3/c1-2-13-7(11)5-6-8(12)10-4-3-9-6/h5,9H,2-4H2,1H3,(H,10,12)/b6-5+. The lowest BCUT2D eigenvalue weighted by atomic mass is 10.3. The molecule has 0 unspecified atom stereocenters. The number of nitrogens with one attached hydrogen (secondary N) is 2. The third-order valence-electron chi connectivity index (χ3n) is 1.52. The lowest BCUT2D eigenvalue weighted by Crippen LogP contribution is -2.43. The minimum Gasteiger partial charge on any atom is -0.463 e. The van der Waals surface area contributed by atoms with Crippen LogP contribution in [0.2, 0.25) is 0 Å². The second-order valence-corrected chi connectivity index (χ2v) is 2.49. The molecule has 5 nitrogen and oxygen atoms in total. The van der Waals surface area contributed by atoms with Gasteiger partial charge in [-0.05, 0) is 6.92 Å². The molecule has 1 fully saturated rings. The van der Waals surface area contributed by atoms with Crippen molar-refractivity contribution < 1.29 is 14.3 Å². The topological polar surface area (TPSA) is 67.4 Å². The average Bonchev–Trinajstić information content (AvgIpc) is 2.09. The molecule has 72 valence electrons. The maximum Gasteiger partial charge on any atom is 0.333 e. The normalized spacial score (nSPS) is 19.2. The third-order valence-corrected chi connectivity index (χ3v) is 1.52. The molecular formula is C8H12N2O3. The van der Waals surface area contributed by atoms with Gasteiger partial charge in [0.1, 0.15) is 5.70 Å². The summed E-state index contributed by atoms with van der Waals surface area (Å²) in [4.78, 5) is 22.0. The Kier molecular flexibility index (Phi) is 3.31. The van der Waals surface area contributed by atoms with Gasteiger partial charge in [-0.15, -0.1) is 0 Å². The van der Waals surface area contributed by atoms with Crippen LogP contribution in [0.3, 0.4) is 0 Å². The van der Waals surface area contributed by atoms with Gasteiger partial charge in [0.05, 0.1) is 12.7 Å². The number of carbonyl (C=O) groups excluding carboxylic acids is 2. The Hall–Kier alpha value is -1.52.